The molecule has 0 fully saturated rings. The van der Waals surface area contributed by atoms with Crippen molar-refractivity contribution in [3.8, 4) is 0 Å². The fourth-order valence-corrected chi connectivity index (χ4v) is 3.11. The molecule has 6 nitrogen and oxygen atoms in total. The van der Waals surface area contributed by atoms with Crippen molar-refractivity contribution in [1.29, 1.82) is 0 Å². The van der Waals surface area contributed by atoms with Crippen LogP contribution in [0.5, 0.6) is 0 Å². The first-order chi connectivity index (χ1) is 13.7. The van der Waals surface area contributed by atoms with Crippen LogP contribution in [0.4, 0.5) is 0 Å². The van der Waals surface area contributed by atoms with Gasteiger partial charge in [-0.05, 0) is 34.5 Å². The van der Waals surface area contributed by atoms with E-state index < -0.39 is 0 Å². The minimum Gasteiger partial charge on any atom is -0.385 e. The fraction of sp³-hybridized carbons (Fsp3) is 0.0952. The van der Waals surface area contributed by atoms with Gasteiger partial charge in [0.25, 0.3) is 5.91 Å². The Morgan fingerprint density at radius 3 is 2.29 bits per heavy atom. The van der Waals surface area contributed by atoms with Gasteiger partial charge in [-0.2, -0.15) is 0 Å². The summed E-state index contributed by atoms with van der Waals surface area (Å²) in [6, 6.07) is 24.4. The second-order valence-electron chi connectivity index (χ2n) is 6.19. The van der Waals surface area contributed by atoms with E-state index in [0.29, 0.717) is 16.1 Å². The maximum Gasteiger partial charge on any atom is 0.261 e. The van der Waals surface area contributed by atoms with Gasteiger partial charge in [-0.15, -0.1) is 5.10 Å². The Bertz CT molecular complexity index is 1040. The second-order valence-corrected chi connectivity index (χ2v) is 6.63. The predicted molar refractivity (Wildman–Crippen MR) is 107 cm³/mol. The molecule has 0 radical (unpaired) electrons. The van der Waals surface area contributed by atoms with E-state index in [9.17, 15) is 4.79 Å². The number of nitrogens with zero attached hydrogens (tertiary/aromatic N) is 3. The van der Waals surface area contributed by atoms with Gasteiger partial charge in [-0.3, -0.25) is 4.79 Å². The van der Waals surface area contributed by atoms with Crippen LogP contribution in [0, 0.1) is 0 Å². The largest absolute Gasteiger partial charge is 0.385 e. The lowest BCUT2D eigenvalue weighted by molar-refractivity contribution is -0.126. The van der Waals surface area contributed by atoms with Crippen molar-refractivity contribution < 1.29 is 9.63 Å². The normalized spacial score (nSPS) is 10.9. The number of hydrogen-bond donors (Lipinski definition) is 1. The highest BCUT2D eigenvalue weighted by molar-refractivity contribution is 6.31. The van der Waals surface area contributed by atoms with Crippen LogP contribution in [0.3, 0.4) is 0 Å². The molecule has 1 aromatic heterocycles. The molecule has 0 spiro atoms. The number of halogens is 1. The van der Waals surface area contributed by atoms with Gasteiger partial charge < -0.3 is 10.2 Å². The molecule has 0 aliphatic heterocycles. The molecule has 1 N–H and O–H groups in total. The fourth-order valence-electron chi connectivity index (χ4n) is 2.94. The molecule has 0 unspecified atom stereocenters. The Labute approximate surface area is 166 Å². The zero-order valence-corrected chi connectivity index (χ0v) is 15.6. The van der Waals surface area contributed by atoms with E-state index in [-0.39, 0.29) is 18.6 Å². The molecule has 0 bridgehead atoms. The average Bonchev–Trinajstić information content (AvgIpc) is 3.14. The van der Waals surface area contributed by atoms with Crippen LogP contribution in [0.2, 0.25) is 5.02 Å². The molecule has 28 heavy (non-hydrogen) atoms. The van der Waals surface area contributed by atoms with Gasteiger partial charge >= 0.3 is 0 Å². The summed E-state index contributed by atoms with van der Waals surface area (Å²) in [6.07, 6.45) is 0. The molecule has 1 heterocycles. The summed E-state index contributed by atoms with van der Waals surface area (Å²) in [5, 5.41) is 11.5. The summed E-state index contributed by atoms with van der Waals surface area (Å²) in [5.41, 5.74) is 3.21. The topological polar surface area (TPSA) is 69.0 Å². The Kier molecular flexibility index (Phi) is 5.21. The summed E-state index contributed by atoms with van der Waals surface area (Å²) >= 11 is 6.01. The molecule has 1 amide bonds. The van der Waals surface area contributed by atoms with Crippen LogP contribution < -0.4 is 10.2 Å². The molecule has 0 saturated heterocycles. The Balaban J connectivity index is 1.49. The smallest absolute Gasteiger partial charge is 0.261 e. The molecule has 140 valence electrons. The maximum atomic E-state index is 12.6. The first-order valence-corrected chi connectivity index (χ1v) is 9.12. The van der Waals surface area contributed by atoms with E-state index in [4.69, 9.17) is 16.4 Å². The number of amides is 1. The van der Waals surface area contributed by atoms with E-state index in [2.05, 4.69) is 15.6 Å². The van der Waals surface area contributed by atoms with Gasteiger partial charge in [-0.25, -0.2) is 0 Å². The molecule has 4 aromatic rings. The number of fused-ring (bicyclic) bond motifs is 1. The minimum atomic E-state index is -0.277. The molecular formula is C21H17ClN4O2. The average molecular weight is 393 g/mol. The summed E-state index contributed by atoms with van der Waals surface area (Å²) in [6.45, 7) is -0.207. The number of benzene rings is 3. The Morgan fingerprint density at radius 2 is 1.64 bits per heavy atom. The molecule has 0 saturated carbocycles. The third kappa shape index (κ3) is 3.97. The summed E-state index contributed by atoms with van der Waals surface area (Å²) in [5.74, 6) is -0.275. The number of rotatable bonds is 6. The van der Waals surface area contributed by atoms with Gasteiger partial charge in [0.2, 0.25) is 0 Å². The third-order valence-corrected chi connectivity index (χ3v) is 4.50. The number of nitrogens with one attached hydrogen (secondary N) is 1. The predicted octanol–water partition coefficient (Wildman–Crippen LogP) is 3.42. The van der Waals surface area contributed by atoms with E-state index >= 15 is 0 Å². The molecule has 3 aromatic carbocycles. The highest BCUT2D eigenvalue weighted by Crippen LogP contribution is 2.21. The van der Waals surface area contributed by atoms with Crippen molar-refractivity contribution in [2.45, 2.75) is 6.04 Å². The molecule has 0 aliphatic carbocycles. The van der Waals surface area contributed by atoms with E-state index in [1.54, 1.807) is 18.2 Å². The van der Waals surface area contributed by atoms with E-state index in [1.165, 1.54) is 4.85 Å². The highest BCUT2D eigenvalue weighted by Gasteiger charge is 2.17. The van der Waals surface area contributed by atoms with E-state index in [0.717, 1.165) is 11.1 Å². The van der Waals surface area contributed by atoms with Crippen LogP contribution >= 0.6 is 11.6 Å². The second kappa shape index (κ2) is 8.10. The van der Waals surface area contributed by atoms with Crippen molar-refractivity contribution in [2.75, 3.05) is 6.61 Å². The third-order valence-electron chi connectivity index (χ3n) is 4.27. The van der Waals surface area contributed by atoms with Crippen LogP contribution in [0.1, 0.15) is 17.2 Å². The number of carbonyl (C=O) groups excluding carboxylic acids is 1. The SMILES string of the molecule is O=C(COn1nnc2ccc(Cl)cc21)NC(c1ccccc1)c1ccccc1. The lowest BCUT2D eigenvalue weighted by Gasteiger charge is -2.20. The van der Waals surface area contributed by atoms with Gasteiger partial charge in [-0.1, -0.05) is 77.1 Å². The van der Waals surface area contributed by atoms with Crippen LogP contribution in [-0.4, -0.2) is 27.7 Å². The Hall–Kier alpha value is -3.38. The molecule has 0 aliphatic rings. The van der Waals surface area contributed by atoms with Crippen LogP contribution in [0.25, 0.3) is 11.0 Å². The standard InChI is InChI=1S/C21H17ClN4O2/c22-17-11-12-18-19(13-17)26(25-24-18)28-14-20(27)23-21(15-7-3-1-4-8-15)16-9-5-2-6-10-16/h1-13,21H,14H2,(H,23,27). The number of hydrogen-bond acceptors (Lipinski definition) is 4. The quantitative estimate of drug-likeness (QED) is 0.546. The lowest BCUT2D eigenvalue weighted by atomic mass is 9.99. The summed E-state index contributed by atoms with van der Waals surface area (Å²) in [7, 11) is 0. The van der Waals surface area contributed by atoms with Gasteiger partial charge in [0.05, 0.1) is 6.04 Å². The maximum absolute atomic E-state index is 12.6. The van der Waals surface area contributed by atoms with Gasteiger partial charge in [0, 0.05) is 5.02 Å². The van der Waals surface area contributed by atoms with Crippen molar-refractivity contribution in [3.63, 3.8) is 0 Å². The van der Waals surface area contributed by atoms with Crippen LogP contribution in [0.15, 0.2) is 78.9 Å². The monoisotopic (exact) mass is 392 g/mol. The number of aromatic nitrogens is 3. The molecule has 7 heteroatoms. The van der Waals surface area contributed by atoms with Gasteiger partial charge in [0.15, 0.2) is 6.61 Å². The highest BCUT2D eigenvalue weighted by atomic mass is 35.5. The number of carbonyl (C=O) groups is 1. The van der Waals surface area contributed by atoms with Gasteiger partial charge in [0.1, 0.15) is 11.0 Å². The van der Waals surface area contributed by atoms with Crippen LogP contribution in [-0.2, 0) is 4.79 Å². The lowest BCUT2D eigenvalue weighted by Crippen LogP contribution is -2.35. The van der Waals surface area contributed by atoms with Crippen molar-refractivity contribution in [2.24, 2.45) is 0 Å². The minimum absolute atomic E-state index is 0.207. The zero-order chi connectivity index (χ0) is 19.3. The summed E-state index contributed by atoms with van der Waals surface area (Å²) in [4.78, 5) is 19.3. The zero-order valence-electron chi connectivity index (χ0n) is 14.8. The first-order valence-electron chi connectivity index (χ1n) is 8.74. The Morgan fingerprint density at radius 1 is 1.00 bits per heavy atom. The molecule has 0 atom stereocenters. The van der Waals surface area contributed by atoms with Crippen molar-refractivity contribution in [3.05, 3.63) is 95.0 Å². The first kappa shape index (κ1) is 18.0. The van der Waals surface area contributed by atoms with Crippen molar-refractivity contribution >= 4 is 28.5 Å². The van der Waals surface area contributed by atoms with Crippen molar-refractivity contribution in [1.82, 2.24) is 20.5 Å². The molecular weight excluding hydrogens is 376 g/mol. The van der Waals surface area contributed by atoms with E-state index in [1.807, 2.05) is 60.7 Å². The summed E-state index contributed by atoms with van der Waals surface area (Å²) < 4.78 is 0. The molecule has 4 rings (SSSR count).